The van der Waals surface area contributed by atoms with Crippen molar-refractivity contribution in [3.63, 3.8) is 0 Å². The molecule has 1 amide bonds. The van der Waals surface area contributed by atoms with E-state index < -0.39 is 5.97 Å². The molecule has 5 heteroatoms. The van der Waals surface area contributed by atoms with Gasteiger partial charge < -0.3 is 9.64 Å². The van der Waals surface area contributed by atoms with Crippen LogP contribution < -0.4 is 0 Å². The summed E-state index contributed by atoms with van der Waals surface area (Å²) >= 11 is 0. The number of hydrogen-bond donors (Lipinski definition) is 0. The van der Waals surface area contributed by atoms with Crippen molar-refractivity contribution in [1.29, 1.82) is 0 Å². The highest BCUT2D eigenvalue weighted by molar-refractivity contribution is 5.97. The van der Waals surface area contributed by atoms with Gasteiger partial charge in [0, 0.05) is 11.6 Å². The quantitative estimate of drug-likeness (QED) is 0.792. The van der Waals surface area contributed by atoms with Crippen LogP contribution >= 0.6 is 0 Å². The van der Waals surface area contributed by atoms with Gasteiger partial charge in [0.1, 0.15) is 6.54 Å². The highest BCUT2D eigenvalue weighted by Gasteiger charge is 2.23. The highest BCUT2D eigenvalue weighted by Crippen LogP contribution is 2.20. The van der Waals surface area contributed by atoms with Crippen molar-refractivity contribution >= 4 is 11.9 Å². The summed E-state index contributed by atoms with van der Waals surface area (Å²) in [5.74, 6) is -0.663. The van der Waals surface area contributed by atoms with Crippen molar-refractivity contribution in [2.24, 2.45) is 0 Å². The molecule has 0 aliphatic rings. The number of amides is 1. The molecule has 0 aliphatic carbocycles. The van der Waals surface area contributed by atoms with Gasteiger partial charge in [0.25, 0.3) is 5.91 Å². The van der Waals surface area contributed by atoms with Crippen LogP contribution in [0.15, 0.2) is 42.5 Å². The smallest absolute Gasteiger partial charge is 0.325 e. The fourth-order valence-electron chi connectivity index (χ4n) is 2.40. The molecule has 24 heavy (non-hydrogen) atoms. The van der Waals surface area contributed by atoms with Crippen molar-refractivity contribution in [1.82, 2.24) is 9.88 Å². The molecule has 0 N–H and O–H groups in total. The molecule has 126 valence electrons. The van der Waals surface area contributed by atoms with E-state index in [2.05, 4.69) is 9.72 Å². The minimum absolute atomic E-state index is 0.0765. The Morgan fingerprint density at radius 3 is 2.33 bits per heavy atom. The first-order chi connectivity index (χ1) is 11.4. The number of pyridine rings is 1. The molecule has 0 spiro atoms. The molecular weight excluding hydrogens is 304 g/mol. The van der Waals surface area contributed by atoms with Crippen LogP contribution in [0.5, 0.6) is 0 Å². The van der Waals surface area contributed by atoms with Crippen molar-refractivity contribution in [2.45, 2.75) is 26.8 Å². The van der Waals surface area contributed by atoms with Crippen molar-refractivity contribution in [3.05, 3.63) is 53.7 Å². The van der Waals surface area contributed by atoms with Crippen LogP contribution in [0.2, 0.25) is 0 Å². The average molecular weight is 326 g/mol. The zero-order valence-corrected chi connectivity index (χ0v) is 14.4. The van der Waals surface area contributed by atoms with Gasteiger partial charge in [-0.05, 0) is 32.9 Å². The minimum atomic E-state index is -0.441. The number of rotatable bonds is 5. The highest BCUT2D eigenvalue weighted by atomic mass is 16.5. The summed E-state index contributed by atoms with van der Waals surface area (Å²) in [5.41, 5.74) is 2.94. The van der Waals surface area contributed by atoms with E-state index in [1.54, 1.807) is 13.0 Å². The van der Waals surface area contributed by atoms with E-state index in [-0.39, 0.29) is 18.5 Å². The molecule has 0 fully saturated rings. The summed E-state index contributed by atoms with van der Waals surface area (Å²) in [4.78, 5) is 30.4. The summed E-state index contributed by atoms with van der Waals surface area (Å²) in [6.45, 7) is 5.45. The molecule has 1 aromatic carbocycles. The molecule has 0 saturated heterocycles. The van der Waals surface area contributed by atoms with Crippen LogP contribution in [0, 0.1) is 6.92 Å². The van der Waals surface area contributed by atoms with Gasteiger partial charge in [0.2, 0.25) is 0 Å². The van der Waals surface area contributed by atoms with Gasteiger partial charge in [-0.15, -0.1) is 0 Å². The number of methoxy groups -OCH3 is 1. The zero-order valence-electron chi connectivity index (χ0n) is 14.4. The number of carbonyl (C=O) groups excluding carboxylic acids is 2. The Kier molecular flexibility index (Phi) is 5.68. The summed E-state index contributed by atoms with van der Waals surface area (Å²) in [5, 5.41) is 0. The maximum Gasteiger partial charge on any atom is 0.325 e. The Balaban J connectivity index is 2.30. The molecule has 2 rings (SSSR count). The van der Waals surface area contributed by atoms with E-state index in [4.69, 9.17) is 0 Å². The first-order valence-electron chi connectivity index (χ1n) is 7.85. The van der Waals surface area contributed by atoms with Gasteiger partial charge in [-0.1, -0.05) is 30.3 Å². The molecule has 5 nitrogen and oxygen atoms in total. The van der Waals surface area contributed by atoms with Crippen molar-refractivity contribution in [3.8, 4) is 11.3 Å². The van der Waals surface area contributed by atoms with Crippen molar-refractivity contribution in [2.75, 3.05) is 13.7 Å². The molecule has 0 bridgehead atoms. The Morgan fingerprint density at radius 1 is 1.12 bits per heavy atom. The standard InChI is InChI=1S/C19H22N2O3/c1-13(2)21(12-18(22)24-4)19(23)16-10-11-17(20-14(16)3)15-8-6-5-7-9-15/h5-11,13H,12H2,1-4H3. The van der Waals surface area contributed by atoms with Gasteiger partial charge in [-0.3, -0.25) is 14.6 Å². The van der Waals surface area contributed by atoms with Crippen LogP contribution in [0.4, 0.5) is 0 Å². The Bertz CT molecular complexity index is 727. The number of hydrogen-bond acceptors (Lipinski definition) is 4. The molecule has 1 aromatic heterocycles. The lowest BCUT2D eigenvalue weighted by Gasteiger charge is -2.26. The second-order valence-electron chi connectivity index (χ2n) is 5.80. The maximum atomic E-state index is 12.8. The third-order valence-electron chi connectivity index (χ3n) is 3.80. The number of benzene rings is 1. The fourth-order valence-corrected chi connectivity index (χ4v) is 2.40. The predicted molar refractivity (Wildman–Crippen MR) is 92.6 cm³/mol. The number of carbonyl (C=O) groups is 2. The third kappa shape index (κ3) is 3.98. The van der Waals surface area contributed by atoms with E-state index in [1.165, 1.54) is 12.0 Å². The molecular formula is C19H22N2O3. The number of aryl methyl sites for hydroxylation is 1. The third-order valence-corrected chi connectivity index (χ3v) is 3.80. The Hall–Kier alpha value is -2.69. The first-order valence-corrected chi connectivity index (χ1v) is 7.85. The van der Waals surface area contributed by atoms with Gasteiger partial charge in [0.15, 0.2) is 0 Å². The largest absolute Gasteiger partial charge is 0.468 e. The van der Waals surface area contributed by atoms with Crippen LogP contribution in [-0.2, 0) is 9.53 Å². The molecule has 0 unspecified atom stereocenters. The molecule has 0 saturated carbocycles. The normalized spacial score (nSPS) is 10.5. The molecule has 0 atom stereocenters. The molecule has 2 aromatic rings. The molecule has 1 heterocycles. The van der Waals surface area contributed by atoms with Crippen LogP contribution in [-0.4, -0.2) is 41.5 Å². The molecule has 0 aliphatic heterocycles. The van der Waals surface area contributed by atoms with E-state index in [1.807, 2.05) is 50.2 Å². The topological polar surface area (TPSA) is 59.5 Å². The second-order valence-corrected chi connectivity index (χ2v) is 5.80. The van der Waals surface area contributed by atoms with Crippen LogP contribution in [0.3, 0.4) is 0 Å². The lowest BCUT2D eigenvalue weighted by molar-refractivity contribution is -0.141. The molecule has 0 radical (unpaired) electrons. The Morgan fingerprint density at radius 2 is 1.79 bits per heavy atom. The number of aromatic nitrogens is 1. The summed E-state index contributed by atoms with van der Waals surface area (Å²) in [6, 6.07) is 13.3. The lowest BCUT2D eigenvalue weighted by atomic mass is 10.1. The summed E-state index contributed by atoms with van der Waals surface area (Å²) in [7, 11) is 1.31. The van der Waals surface area contributed by atoms with Gasteiger partial charge in [-0.2, -0.15) is 0 Å². The first kappa shape index (κ1) is 17.7. The maximum absolute atomic E-state index is 12.8. The van der Waals surface area contributed by atoms with Crippen LogP contribution in [0.25, 0.3) is 11.3 Å². The number of ether oxygens (including phenoxy) is 1. The lowest BCUT2D eigenvalue weighted by Crippen LogP contribution is -2.41. The second kappa shape index (κ2) is 7.73. The van der Waals surface area contributed by atoms with Gasteiger partial charge >= 0.3 is 5.97 Å². The zero-order chi connectivity index (χ0) is 17.7. The van der Waals surface area contributed by atoms with E-state index >= 15 is 0 Å². The fraction of sp³-hybridized carbons (Fsp3) is 0.316. The summed E-state index contributed by atoms with van der Waals surface area (Å²) in [6.07, 6.45) is 0. The number of esters is 1. The van der Waals surface area contributed by atoms with E-state index in [9.17, 15) is 9.59 Å². The predicted octanol–water partition coefficient (Wildman–Crippen LogP) is 3.08. The van der Waals surface area contributed by atoms with E-state index in [0.29, 0.717) is 11.3 Å². The van der Waals surface area contributed by atoms with Crippen LogP contribution in [0.1, 0.15) is 29.9 Å². The monoisotopic (exact) mass is 326 g/mol. The van der Waals surface area contributed by atoms with E-state index in [0.717, 1.165) is 11.3 Å². The van der Waals surface area contributed by atoms with Gasteiger partial charge in [0.05, 0.1) is 24.1 Å². The number of nitrogens with zero attached hydrogens (tertiary/aromatic N) is 2. The Labute approximate surface area is 142 Å². The summed E-state index contributed by atoms with van der Waals surface area (Å²) < 4.78 is 4.68. The van der Waals surface area contributed by atoms with Gasteiger partial charge in [-0.25, -0.2) is 0 Å². The van der Waals surface area contributed by atoms with Crippen molar-refractivity contribution < 1.29 is 14.3 Å². The SMILES string of the molecule is COC(=O)CN(C(=O)c1ccc(-c2ccccc2)nc1C)C(C)C. The average Bonchev–Trinajstić information content (AvgIpc) is 2.59. The minimum Gasteiger partial charge on any atom is -0.468 e.